The van der Waals surface area contributed by atoms with Gasteiger partial charge in [0.05, 0.1) is 6.54 Å². The van der Waals surface area contributed by atoms with Crippen molar-refractivity contribution in [3.63, 3.8) is 0 Å². The summed E-state index contributed by atoms with van der Waals surface area (Å²) in [5.41, 5.74) is 0. The maximum Gasteiger partial charge on any atom is 0.405 e. The second-order valence-corrected chi connectivity index (χ2v) is 5.75. The van der Waals surface area contributed by atoms with Crippen molar-refractivity contribution in [2.75, 3.05) is 32.7 Å². The summed E-state index contributed by atoms with van der Waals surface area (Å²) in [5.74, 6) is 0.0235. The molecule has 20 heavy (non-hydrogen) atoms. The van der Waals surface area contributed by atoms with Crippen molar-refractivity contribution in [2.45, 2.75) is 37.9 Å². The summed E-state index contributed by atoms with van der Waals surface area (Å²) < 4.78 is 36.2. The molecule has 0 bridgehead atoms. The Kier molecular flexibility index (Phi) is 5.26. The number of nitrogens with one attached hydrogen (secondary N) is 2. The van der Waals surface area contributed by atoms with Gasteiger partial charge in [0.2, 0.25) is 5.91 Å². The lowest BCUT2D eigenvalue weighted by molar-refractivity contribution is -0.139. The highest BCUT2D eigenvalue weighted by molar-refractivity contribution is 5.78. The van der Waals surface area contributed by atoms with Crippen molar-refractivity contribution in [1.29, 1.82) is 0 Å². The number of carbonyl (C=O) groups is 1. The molecule has 116 valence electrons. The number of nitrogens with zero attached hydrogens (tertiary/aromatic N) is 1. The van der Waals surface area contributed by atoms with E-state index in [9.17, 15) is 18.0 Å². The van der Waals surface area contributed by atoms with Gasteiger partial charge in [-0.05, 0) is 44.7 Å². The molecule has 1 amide bonds. The summed E-state index contributed by atoms with van der Waals surface area (Å²) in [6.07, 6.45) is -0.0784. The molecule has 2 aliphatic rings. The van der Waals surface area contributed by atoms with Gasteiger partial charge < -0.3 is 10.6 Å². The van der Waals surface area contributed by atoms with Crippen LogP contribution in [0.4, 0.5) is 13.2 Å². The molecule has 2 rings (SSSR count). The fourth-order valence-corrected chi connectivity index (χ4v) is 2.62. The highest BCUT2D eigenvalue weighted by Gasteiger charge is 2.33. The predicted molar refractivity (Wildman–Crippen MR) is 69.3 cm³/mol. The molecular weight excluding hydrogens is 271 g/mol. The van der Waals surface area contributed by atoms with Crippen molar-refractivity contribution in [1.82, 2.24) is 15.5 Å². The van der Waals surface area contributed by atoms with Gasteiger partial charge in [-0.2, -0.15) is 13.2 Å². The van der Waals surface area contributed by atoms with E-state index in [-0.39, 0.29) is 6.54 Å². The van der Waals surface area contributed by atoms with Gasteiger partial charge in [0.1, 0.15) is 6.54 Å². The van der Waals surface area contributed by atoms with E-state index in [0.29, 0.717) is 12.0 Å². The lowest BCUT2D eigenvalue weighted by Crippen LogP contribution is -2.44. The molecule has 0 aromatic heterocycles. The molecule has 2 N–H and O–H groups in total. The summed E-state index contributed by atoms with van der Waals surface area (Å²) in [4.78, 5) is 13.7. The molecule has 0 unspecified atom stereocenters. The van der Waals surface area contributed by atoms with Crippen molar-refractivity contribution in [3.8, 4) is 0 Å². The Labute approximate surface area is 117 Å². The third kappa shape index (κ3) is 5.66. The van der Waals surface area contributed by atoms with Crippen molar-refractivity contribution >= 4 is 5.91 Å². The molecule has 4 nitrogen and oxygen atoms in total. The second-order valence-electron chi connectivity index (χ2n) is 5.75. The fourth-order valence-electron chi connectivity index (χ4n) is 2.62. The van der Waals surface area contributed by atoms with E-state index in [4.69, 9.17) is 0 Å². The maximum atomic E-state index is 12.1. The number of rotatable bonds is 6. The van der Waals surface area contributed by atoms with E-state index in [1.807, 2.05) is 5.32 Å². The molecule has 1 saturated heterocycles. The first-order valence-electron chi connectivity index (χ1n) is 7.22. The largest absolute Gasteiger partial charge is 0.405 e. The molecule has 1 heterocycles. The average Bonchev–Trinajstić information content (AvgIpc) is 3.20. The standard InChI is InChI=1S/C13H22F3N3O/c14-13(15,16)9-18-12(20)8-19(11-1-2-11)7-10-3-5-17-6-4-10/h10-11,17H,1-9H2,(H,18,20). The Bertz CT molecular complexity index is 325. The zero-order valence-corrected chi connectivity index (χ0v) is 11.5. The number of halogens is 3. The normalized spacial score (nSPS) is 21.2. The van der Waals surface area contributed by atoms with E-state index in [1.54, 1.807) is 0 Å². The number of amides is 1. The Morgan fingerprint density at radius 1 is 1.20 bits per heavy atom. The maximum absolute atomic E-state index is 12.1. The number of hydrogen-bond donors (Lipinski definition) is 2. The SMILES string of the molecule is O=C(CN(CC1CCNCC1)C1CC1)NCC(F)(F)F. The zero-order chi connectivity index (χ0) is 14.6. The lowest BCUT2D eigenvalue weighted by Gasteiger charge is -2.29. The molecule has 0 atom stereocenters. The number of piperidine rings is 1. The van der Waals surface area contributed by atoms with Gasteiger partial charge in [-0.3, -0.25) is 9.69 Å². The van der Waals surface area contributed by atoms with Gasteiger partial charge in [0, 0.05) is 12.6 Å². The number of carbonyl (C=O) groups excluding carboxylic acids is 1. The monoisotopic (exact) mass is 293 g/mol. The van der Waals surface area contributed by atoms with E-state index >= 15 is 0 Å². The minimum absolute atomic E-state index is 0.0880. The summed E-state index contributed by atoms with van der Waals surface area (Å²) in [7, 11) is 0. The zero-order valence-electron chi connectivity index (χ0n) is 11.5. The molecule has 0 aromatic rings. The topological polar surface area (TPSA) is 44.4 Å². The minimum atomic E-state index is -4.34. The number of hydrogen-bond acceptors (Lipinski definition) is 3. The molecule has 1 aliphatic heterocycles. The van der Waals surface area contributed by atoms with E-state index < -0.39 is 18.6 Å². The first-order valence-corrected chi connectivity index (χ1v) is 7.22. The van der Waals surface area contributed by atoms with Crippen LogP contribution in [0.1, 0.15) is 25.7 Å². The molecule has 7 heteroatoms. The summed E-state index contributed by atoms with van der Waals surface area (Å²) >= 11 is 0. The van der Waals surface area contributed by atoms with Crippen LogP contribution in [0.25, 0.3) is 0 Å². The van der Waals surface area contributed by atoms with Crippen molar-refractivity contribution in [3.05, 3.63) is 0 Å². The quantitative estimate of drug-likeness (QED) is 0.771. The number of alkyl halides is 3. The van der Waals surface area contributed by atoms with Crippen LogP contribution < -0.4 is 10.6 Å². The first kappa shape index (κ1) is 15.6. The van der Waals surface area contributed by atoms with Crippen LogP contribution in [0.3, 0.4) is 0 Å². The van der Waals surface area contributed by atoms with Crippen LogP contribution in [0.5, 0.6) is 0 Å². The van der Waals surface area contributed by atoms with Crippen LogP contribution in [0.2, 0.25) is 0 Å². The summed E-state index contributed by atoms with van der Waals surface area (Å²) in [6.45, 7) is 1.65. The van der Waals surface area contributed by atoms with Crippen LogP contribution >= 0.6 is 0 Å². The molecule has 0 spiro atoms. The Balaban J connectivity index is 1.75. The third-order valence-electron chi connectivity index (χ3n) is 3.85. The van der Waals surface area contributed by atoms with Gasteiger partial charge in [0.25, 0.3) is 0 Å². The first-order chi connectivity index (χ1) is 9.44. The molecule has 0 aromatic carbocycles. The highest BCUT2D eigenvalue weighted by atomic mass is 19.4. The average molecular weight is 293 g/mol. The van der Waals surface area contributed by atoms with E-state index in [2.05, 4.69) is 10.2 Å². The van der Waals surface area contributed by atoms with Crippen molar-refractivity contribution < 1.29 is 18.0 Å². The lowest BCUT2D eigenvalue weighted by atomic mass is 9.97. The van der Waals surface area contributed by atoms with Crippen LogP contribution in [0, 0.1) is 5.92 Å². The van der Waals surface area contributed by atoms with Crippen LogP contribution in [0.15, 0.2) is 0 Å². The molecule has 2 fully saturated rings. The fraction of sp³-hybridized carbons (Fsp3) is 0.923. The Morgan fingerprint density at radius 3 is 2.40 bits per heavy atom. The highest BCUT2D eigenvalue weighted by Crippen LogP contribution is 2.28. The smallest absolute Gasteiger partial charge is 0.346 e. The van der Waals surface area contributed by atoms with E-state index in [0.717, 1.165) is 45.3 Å². The van der Waals surface area contributed by atoms with Crippen LogP contribution in [-0.4, -0.2) is 55.7 Å². The molecule has 1 aliphatic carbocycles. The van der Waals surface area contributed by atoms with Gasteiger partial charge in [0.15, 0.2) is 0 Å². The van der Waals surface area contributed by atoms with Gasteiger partial charge >= 0.3 is 6.18 Å². The van der Waals surface area contributed by atoms with Gasteiger partial charge in [-0.15, -0.1) is 0 Å². The minimum Gasteiger partial charge on any atom is -0.346 e. The van der Waals surface area contributed by atoms with Gasteiger partial charge in [-0.25, -0.2) is 0 Å². The second kappa shape index (κ2) is 6.76. The van der Waals surface area contributed by atoms with E-state index in [1.165, 1.54) is 0 Å². The predicted octanol–water partition coefficient (Wildman–Crippen LogP) is 1.13. The summed E-state index contributed by atoms with van der Waals surface area (Å²) in [6, 6.07) is 0.390. The van der Waals surface area contributed by atoms with Gasteiger partial charge in [-0.1, -0.05) is 0 Å². The third-order valence-corrected chi connectivity index (χ3v) is 3.85. The van der Waals surface area contributed by atoms with Crippen LogP contribution in [-0.2, 0) is 4.79 Å². The Morgan fingerprint density at radius 2 is 1.85 bits per heavy atom. The molecular formula is C13H22F3N3O. The van der Waals surface area contributed by atoms with Crippen molar-refractivity contribution in [2.24, 2.45) is 5.92 Å². The summed E-state index contributed by atoms with van der Waals surface area (Å²) in [5, 5.41) is 5.24. The Hall–Kier alpha value is -0.820. The molecule has 0 radical (unpaired) electrons. The molecule has 1 saturated carbocycles.